The quantitative estimate of drug-likeness (QED) is 0.700. The summed E-state index contributed by atoms with van der Waals surface area (Å²) < 4.78 is 42.4. The average molecular weight is 407 g/mol. The minimum absolute atomic E-state index is 0.256. The van der Waals surface area contributed by atoms with Gasteiger partial charge in [0.1, 0.15) is 18.2 Å². The van der Waals surface area contributed by atoms with E-state index in [0.29, 0.717) is 18.2 Å². The van der Waals surface area contributed by atoms with Crippen molar-refractivity contribution in [1.82, 2.24) is 10.6 Å². The second-order valence-corrected chi connectivity index (χ2v) is 6.99. The molecule has 0 spiro atoms. The number of amides is 2. The van der Waals surface area contributed by atoms with Crippen molar-refractivity contribution in [3.63, 3.8) is 0 Å². The van der Waals surface area contributed by atoms with Crippen molar-refractivity contribution >= 4 is 11.7 Å². The number of alkyl halides is 2. The fraction of sp³-hybridized carbons (Fsp3) is 0.381. The van der Waals surface area contributed by atoms with E-state index in [2.05, 4.69) is 15.5 Å². The summed E-state index contributed by atoms with van der Waals surface area (Å²) >= 11 is 0. The third kappa shape index (κ3) is 6.58. The SMILES string of the molecule is O=C(NCc1cccc(OCC(F)F)c1)NCC1CCN(c2ccc(F)cc2)C1. The van der Waals surface area contributed by atoms with Gasteiger partial charge in [-0.15, -0.1) is 0 Å². The molecule has 1 atom stereocenters. The lowest BCUT2D eigenvalue weighted by Gasteiger charge is -2.19. The molecule has 0 bridgehead atoms. The number of anilines is 1. The van der Waals surface area contributed by atoms with E-state index >= 15 is 0 Å². The number of nitrogens with one attached hydrogen (secondary N) is 2. The summed E-state index contributed by atoms with van der Waals surface area (Å²) in [4.78, 5) is 14.2. The van der Waals surface area contributed by atoms with Gasteiger partial charge in [0.05, 0.1) is 0 Å². The number of hydrogen-bond acceptors (Lipinski definition) is 3. The highest BCUT2D eigenvalue weighted by Crippen LogP contribution is 2.23. The molecule has 1 fully saturated rings. The Hall–Kier alpha value is -2.90. The van der Waals surface area contributed by atoms with Gasteiger partial charge in [-0.1, -0.05) is 12.1 Å². The summed E-state index contributed by atoms with van der Waals surface area (Å²) in [6, 6.07) is 12.8. The molecule has 3 rings (SSSR count). The number of nitrogens with zero attached hydrogens (tertiary/aromatic N) is 1. The molecule has 1 saturated heterocycles. The van der Waals surface area contributed by atoms with E-state index in [1.807, 2.05) is 0 Å². The molecule has 2 amide bonds. The van der Waals surface area contributed by atoms with Crippen LogP contribution in [0.1, 0.15) is 12.0 Å². The van der Waals surface area contributed by atoms with Crippen LogP contribution in [0.15, 0.2) is 48.5 Å². The number of carbonyl (C=O) groups is 1. The molecule has 2 aromatic rings. The summed E-state index contributed by atoms with van der Waals surface area (Å²) in [5.41, 5.74) is 1.74. The van der Waals surface area contributed by atoms with E-state index in [1.165, 1.54) is 12.1 Å². The molecule has 29 heavy (non-hydrogen) atoms. The van der Waals surface area contributed by atoms with Crippen molar-refractivity contribution in [3.8, 4) is 5.75 Å². The number of urea groups is 1. The summed E-state index contributed by atoms with van der Waals surface area (Å²) in [6.45, 7) is 1.82. The average Bonchev–Trinajstić information content (AvgIpc) is 3.19. The van der Waals surface area contributed by atoms with Crippen molar-refractivity contribution in [2.45, 2.75) is 19.4 Å². The van der Waals surface area contributed by atoms with Gasteiger partial charge in [0.25, 0.3) is 6.43 Å². The Balaban J connectivity index is 1.38. The monoisotopic (exact) mass is 407 g/mol. The van der Waals surface area contributed by atoms with Gasteiger partial charge in [0.15, 0.2) is 0 Å². The van der Waals surface area contributed by atoms with Crippen LogP contribution >= 0.6 is 0 Å². The number of ether oxygens (including phenoxy) is 1. The number of carbonyl (C=O) groups excluding carboxylic acids is 1. The van der Waals surface area contributed by atoms with Crippen LogP contribution < -0.4 is 20.3 Å². The Kier molecular flexibility index (Phi) is 7.21. The summed E-state index contributed by atoms with van der Waals surface area (Å²) in [5.74, 6) is 0.405. The van der Waals surface area contributed by atoms with E-state index in [4.69, 9.17) is 4.74 Å². The standard InChI is InChI=1S/C21H24F3N3O2/c22-17-4-6-18(7-5-17)27-9-8-16(13-27)12-26-21(28)25-11-15-2-1-3-19(10-15)29-14-20(23)24/h1-7,10,16,20H,8-9,11-14H2,(H2,25,26,28). The molecule has 0 saturated carbocycles. The second-order valence-electron chi connectivity index (χ2n) is 6.99. The predicted octanol–water partition coefficient (Wildman–Crippen LogP) is 3.80. The van der Waals surface area contributed by atoms with Gasteiger partial charge in [-0.2, -0.15) is 0 Å². The first kappa shape index (κ1) is 20.8. The molecule has 1 aliphatic heterocycles. The second kappa shape index (κ2) is 10.0. The number of halogens is 3. The van der Waals surface area contributed by atoms with Gasteiger partial charge in [-0.3, -0.25) is 0 Å². The molecular weight excluding hydrogens is 383 g/mol. The molecule has 0 aromatic heterocycles. The third-order valence-corrected chi connectivity index (χ3v) is 4.76. The molecule has 156 valence electrons. The normalized spacial score (nSPS) is 16.1. The van der Waals surface area contributed by atoms with Gasteiger partial charge in [-0.25, -0.2) is 18.0 Å². The summed E-state index contributed by atoms with van der Waals surface area (Å²) in [5, 5.41) is 5.62. The van der Waals surface area contributed by atoms with Gasteiger partial charge >= 0.3 is 6.03 Å². The van der Waals surface area contributed by atoms with Crippen LogP contribution in [0.5, 0.6) is 5.75 Å². The van der Waals surface area contributed by atoms with Crippen molar-refractivity contribution in [2.24, 2.45) is 5.92 Å². The van der Waals surface area contributed by atoms with E-state index in [1.54, 1.807) is 36.4 Å². The largest absolute Gasteiger partial charge is 0.488 e. The molecule has 0 aliphatic carbocycles. The molecule has 2 aromatic carbocycles. The highest BCUT2D eigenvalue weighted by molar-refractivity contribution is 5.73. The van der Waals surface area contributed by atoms with Crippen molar-refractivity contribution in [1.29, 1.82) is 0 Å². The van der Waals surface area contributed by atoms with Crippen molar-refractivity contribution < 1.29 is 22.7 Å². The predicted molar refractivity (Wildman–Crippen MR) is 105 cm³/mol. The molecule has 5 nitrogen and oxygen atoms in total. The Morgan fingerprint density at radius 2 is 1.97 bits per heavy atom. The van der Waals surface area contributed by atoms with Gasteiger partial charge in [0.2, 0.25) is 0 Å². The Labute approximate surface area is 167 Å². The van der Waals surface area contributed by atoms with Crippen LogP contribution in [0, 0.1) is 11.7 Å². The number of rotatable bonds is 8. The van der Waals surface area contributed by atoms with Gasteiger partial charge < -0.3 is 20.3 Å². The summed E-state index contributed by atoms with van der Waals surface area (Å²) in [6.07, 6.45) is -1.58. The lowest BCUT2D eigenvalue weighted by atomic mass is 10.1. The molecule has 1 heterocycles. The first-order chi connectivity index (χ1) is 14.0. The minimum Gasteiger partial charge on any atom is -0.488 e. The molecule has 2 N–H and O–H groups in total. The number of hydrogen-bond donors (Lipinski definition) is 2. The maximum absolute atomic E-state index is 13.0. The lowest BCUT2D eigenvalue weighted by molar-refractivity contribution is 0.0818. The smallest absolute Gasteiger partial charge is 0.315 e. The fourth-order valence-electron chi connectivity index (χ4n) is 3.27. The van der Waals surface area contributed by atoms with Crippen LogP contribution in [0.3, 0.4) is 0 Å². The van der Waals surface area contributed by atoms with Crippen LogP contribution in [0.25, 0.3) is 0 Å². The first-order valence-corrected chi connectivity index (χ1v) is 9.51. The van der Waals surface area contributed by atoms with E-state index in [9.17, 15) is 18.0 Å². The number of benzene rings is 2. The lowest BCUT2D eigenvalue weighted by Crippen LogP contribution is -2.38. The summed E-state index contributed by atoms with van der Waals surface area (Å²) in [7, 11) is 0. The molecule has 0 radical (unpaired) electrons. The van der Waals surface area contributed by atoms with E-state index < -0.39 is 13.0 Å². The maximum Gasteiger partial charge on any atom is 0.315 e. The van der Waals surface area contributed by atoms with Crippen LogP contribution in [0.2, 0.25) is 0 Å². The van der Waals surface area contributed by atoms with Gasteiger partial charge in [0, 0.05) is 31.9 Å². The molecule has 8 heteroatoms. The molecule has 1 unspecified atom stereocenters. The highest BCUT2D eigenvalue weighted by atomic mass is 19.3. The van der Waals surface area contributed by atoms with Crippen LogP contribution in [-0.2, 0) is 6.54 Å². The zero-order valence-electron chi connectivity index (χ0n) is 15.9. The van der Waals surface area contributed by atoms with Crippen LogP contribution in [0.4, 0.5) is 23.7 Å². The van der Waals surface area contributed by atoms with Gasteiger partial charge in [-0.05, 0) is 54.3 Å². The Morgan fingerprint density at radius 3 is 2.72 bits per heavy atom. The zero-order chi connectivity index (χ0) is 20.6. The fourth-order valence-corrected chi connectivity index (χ4v) is 3.27. The molecule has 1 aliphatic rings. The Morgan fingerprint density at radius 1 is 1.17 bits per heavy atom. The minimum atomic E-state index is -2.53. The van der Waals surface area contributed by atoms with E-state index in [-0.39, 0.29) is 18.4 Å². The third-order valence-electron chi connectivity index (χ3n) is 4.76. The van der Waals surface area contributed by atoms with E-state index in [0.717, 1.165) is 30.8 Å². The Bertz CT molecular complexity index is 802. The topological polar surface area (TPSA) is 53.6 Å². The zero-order valence-corrected chi connectivity index (χ0v) is 15.9. The first-order valence-electron chi connectivity index (χ1n) is 9.51. The van der Waals surface area contributed by atoms with Crippen LogP contribution in [-0.4, -0.2) is 38.7 Å². The highest BCUT2D eigenvalue weighted by Gasteiger charge is 2.23. The van der Waals surface area contributed by atoms with Crippen molar-refractivity contribution in [2.75, 3.05) is 31.1 Å². The molecular formula is C21H24F3N3O2. The maximum atomic E-state index is 13.0. The van der Waals surface area contributed by atoms with Crippen molar-refractivity contribution in [3.05, 3.63) is 59.9 Å².